The van der Waals surface area contributed by atoms with Gasteiger partial charge in [0.25, 0.3) is 0 Å². The van der Waals surface area contributed by atoms with Gasteiger partial charge in [0.05, 0.1) is 0 Å². The smallest absolute Gasteiger partial charge is 0.156 e. The van der Waals surface area contributed by atoms with Crippen LogP contribution in [-0.4, -0.2) is 18.9 Å². The summed E-state index contributed by atoms with van der Waals surface area (Å²) in [5, 5.41) is 3.13. The molecule has 50 valence electrons. The molecule has 0 saturated carbocycles. The van der Waals surface area contributed by atoms with Crippen LogP contribution in [0.15, 0.2) is 11.6 Å². The third kappa shape index (κ3) is 1.64. The molecule has 1 heterocycles. The molecule has 1 N–H and O–H groups in total. The summed E-state index contributed by atoms with van der Waals surface area (Å²) in [6, 6.07) is 0. The highest BCUT2D eigenvalue weighted by molar-refractivity contribution is 5.93. The van der Waals surface area contributed by atoms with Crippen LogP contribution in [0.1, 0.15) is 13.3 Å². The lowest BCUT2D eigenvalue weighted by molar-refractivity contribution is -0.113. The number of hydrogen-bond donors (Lipinski definition) is 1. The molecule has 9 heavy (non-hydrogen) atoms. The van der Waals surface area contributed by atoms with E-state index in [1.54, 1.807) is 6.92 Å². The molecule has 0 spiro atoms. The van der Waals surface area contributed by atoms with E-state index >= 15 is 0 Å². The topological polar surface area (TPSA) is 29.1 Å². The quantitative estimate of drug-likeness (QED) is 0.552. The summed E-state index contributed by atoms with van der Waals surface area (Å²) in [4.78, 5) is 10.7. The summed E-state index contributed by atoms with van der Waals surface area (Å²) in [6.07, 6.45) is 3.01. The molecule has 1 aliphatic heterocycles. The van der Waals surface area contributed by atoms with Crippen molar-refractivity contribution in [2.75, 3.05) is 13.1 Å². The van der Waals surface area contributed by atoms with Crippen LogP contribution in [-0.2, 0) is 4.79 Å². The maximum atomic E-state index is 10.7. The molecular formula is C7H11NO. The minimum absolute atomic E-state index is 0.196. The van der Waals surface area contributed by atoms with Crippen LogP contribution >= 0.6 is 0 Å². The minimum atomic E-state index is 0.196. The molecule has 2 nitrogen and oxygen atoms in total. The van der Waals surface area contributed by atoms with Crippen molar-refractivity contribution in [3.8, 4) is 0 Å². The van der Waals surface area contributed by atoms with Gasteiger partial charge >= 0.3 is 0 Å². The van der Waals surface area contributed by atoms with Crippen molar-refractivity contribution >= 4 is 5.78 Å². The standard InChI is InChI=1S/C7H11NO/c1-6(9)7-3-2-4-8-5-7/h3,8H,2,4-5H2,1H3. The van der Waals surface area contributed by atoms with Crippen LogP contribution in [0.2, 0.25) is 0 Å². The second kappa shape index (κ2) is 2.78. The Bertz CT molecular complexity index is 149. The number of carbonyl (C=O) groups excluding carboxylic acids is 1. The van der Waals surface area contributed by atoms with Crippen LogP contribution in [0.5, 0.6) is 0 Å². The van der Waals surface area contributed by atoms with E-state index < -0.39 is 0 Å². The van der Waals surface area contributed by atoms with Crippen LogP contribution < -0.4 is 5.32 Å². The zero-order chi connectivity index (χ0) is 6.69. The summed E-state index contributed by atoms with van der Waals surface area (Å²) >= 11 is 0. The first kappa shape index (κ1) is 6.49. The fourth-order valence-corrected chi connectivity index (χ4v) is 0.912. The van der Waals surface area contributed by atoms with Gasteiger partial charge in [0.15, 0.2) is 5.78 Å². The number of ketones is 1. The molecule has 0 aromatic heterocycles. The van der Waals surface area contributed by atoms with Gasteiger partial charge in [-0.05, 0) is 19.9 Å². The van der Waals surface area contributed by atoms with Crippen molar-refractivity contribution in [3.63, 3.8) is 0 Å². The van der Waals surface area contributed by atoms with Crippen molar-refractivity contribution < 1.29 is 4.79 Å². The number of rotatable bonds is 1. The number of hydrogen-bond acceptors (Lipinski definition) is 2. The maximum Gasteiger partial charge on any atom is 0.156 e. The third-order valence-corrected chi connectivity index (χ3v) is 1.48. The molecule has 0 aliphatic carbocycles. The van der Waals surface area contributed by atoms with Crippen molar-refractivity contribution in [2.24, 2.45) is 0 Å². The lowest BCUT2D eigenvalue weighted by Gasteiger charge is -2.10. The van der Waals surface area contributed by atoms with E-state index in [-0.39, 0.29) is 5.78 Å². The van der Waals surface area contributed by atoms with Crippen molar-refractivity contribution in [3.05, 3.63) is 11.6 Å². The van der Waals surface area contributed by atoms with E-state index in [1.165, 1.54) is 0 Å². The summed E-state index contributed by atoms with van der Waals surface area (Å²) in [5.41, 5.74) is 0.932. The highest BCUT2D eigenvalue weighted by Gasteiger charge is 2.05. The Balaban J connectivity index is 2.57. The number of nitrogens with one attached hydrogen (secondary N) is 1. The number of carbonyl (C=O) groups is 1. The first-order valence-electron chi connectivity index (χ1n) is 3.21. The predicted octanol–water partition coefficient (Wildman–Crippen LogP) is 0.495. The van der Waals surface area contributed by atoms with E-state index in [9.17, 15) is 4.79 Å². The fourth-order valence-electron chi connectivity index (χ4n) is 0.912. The van der Waals surface area contributed by atoms with Gasteiger partial charge in [-0.25, -0.2) is 0 Å². The van der Waals surface area contributed by atoms with Crippen LogP contribution in [0, 0.1) is 0 Å². The molecule has 0 radical (unpaired) electrons. The zero-order valence-electron chi connectivity index (χ0n) is 5.61. The van der Waals surface area contributed by atoms with Gasteiger partial charge < -0.3 is 5.32 Å². The van der Waals surface area contributed by atoms with Crippen LogP contribution in [0.25, 0.3) is 0 Å². The summed E-state index contributed by atoms with van der Waals surface area (Å²) in [5.74, 6) is 0.196. The molecule has 1 rings (SSSR count). The highest BCUT2D eigenvalue weighted by atomic mass is 16.1. The van der Waals surface area contributed by atoms with Gasteiger partial charge in [0.2, 0.25) is 0 Å². The Morgan fingerprint density at radius 1 is 1.78 bits per heavy atom. The predicted molar refractivity (Wildman–Crippen MR) is 36.3 cm³/mol. The third-order valence-electron chi connectivity index (χ3n) is 1.48. The highest BCUT2D eigenvalue weighted by Crippen LogP contribution is 2.00. The van der Waals surface area contributed by atoms with E-state index in [0.29, 0.717) is 0 Å². The second-order valence-electron chi connectivity index (χ2n) is 2.25. The molecule has 0 aromatic carbocycles. The molecule has 0 unspecified atom stereocenters. The van der Waals surface area contributed by atoms with Gasteiger partial charge in [0, 0.05) is 12.1 Å². The fraction of sp³-hybridized carbons (Fsp3) is 0.571. The monoisotopic (exact) mass is 125 g/mol. The summed E-state index contributed by atoms with van der Waals surface area (Å²) in [7, 11) is 0. The second-order valence-corrected chi connectivity index (χ2v) is 2.25. The van der Waals surface area contributed by atoms with Gasteiger partial charge in [-0.2, -0.15) is 0 Å². The molecule has 2 heteroatoms. The Morgan fingerprint density at radius 3 is 2.89 bits per heavy atom. The van der Waals surface area contributed by atoms with E-state index in [1.807, 2.05) is 6.08 Å². The molecule has 0 amide bonds. The van der Waals surface area contributed by atoms with Crippen LogP contribution in [0.3, 0.4) is 0 Å². The molecule has 0 bridgehead atoms. The van der Waals surface area contributed by atoms with E-state index in [4.69, 9.17) is 0 Å². The van der Waals surface area contributed by atoms with Crippen molar-refractivity contribution in [1.29, 1.82) is 0 Å². The summed E-state index contributed by atoms with van der Waals surface area (Å²) < 4.78 is 0. The Labute approximate surface area is 54.9 Å². The average Bonchev–Trinajstić information content (AvgIpc) is 1.90. The Morgan fingerprint density at radius 2 is 2.56 bits per heavy atom. The first-order chi connectivity index (χ1) is 4.30. The van der Waals surface area contributed by atoms with E-state index in [0.717, 1.165) is 25.1 Å². The molecule has 0 fully saturated rings. The van der Waals surface area contributed by atoms with Gasteiger partial charge in [0.1, 0.15) is 0 Å². The first-order valence-corrected chi connectivity index (χ1v) is 3.21. The Kier molecular flexibility index (Phi) is 2.01. The molecule has 0 atom stereocenters. The molecule has 1 aliphatic rings. The summed E-state index contributed by atoms with van der Waals surface area (Å²) in [6.45, 7) is 3.38. The lowest BCUT2D eigenvalue weighted by atomic mass is 10.1. The van der Waals surface area contributed by atoms with Crippen molar-refractivity contribution in [1.82, 2.24) is 5.32 Å². The van der Waals surface area contributed by atoms with Crippen LogP contribution in [0.4, 0.5) is 0 Å². The van der Waals surface area contributed by atoms with E-state index in [2.05, 4.69) is 5.32 Å². The van der Waals surface area contributed by atoms with Gasteiger partial charge in [-0.15, -0.1) is 0 Å². The van der Waals surface area contributed by atoms with Crippen molar-refractivity contribution in [2.45, 2.75) is 13.3 Å². The Hall–Kier alpha value is -0.630. The maximum absolute atomic E-state index is 10.7. The van der Waals surface area contributed by atoms with Gasteiger partial charge in [-0.1, -0.05) is 6.08 Å². The number of Topliss-reactive ketones (excluding diaryl/α,β-unsaturated/α-hetero) is 1. The molecular weight excluding hydrogens is 114 g/mol. The normalized spacial score (nSPS) is 19.0. The van der Waals surface area contributed by atoms with Gasteiger partial charge in [-0.3, -0.25) is 4.79 Å². The molecule has 0 aromatic rings. The minimum Gasteiger partial charge on any atom is -0.312 e. The SMILES string of the molecule is CC(=O)C1=CCCNC1. The average molecular weight is 125 g/mol. The largest absolute Gasteiger partial charge is 0.312 e. The lowest BCUT2D eigenvalue weighted by Crippen LogP contribution is -2.24. The molecule has 0 saturated heterocycles. The zero-order valence-corrected chi connectivity index (χ0v) is 5.61.